The summed E-state index contributed by atoms with van der Waals surface area (Å²) in [6, 6.07) is 0. The first-order chi connectivity index (χ1) is 4.63. The Morgan fingerprint density at radius 3 is 2.50 bits per heavy atom. The highest BCUT2D eigenvalue weighted by Gasteiger charge is 2.01. The van der Waals surface area contributed by atoms with Crippen LogP contribution in [0.4, 0.5) is 0 Å². The fourth-order valence-corrected chi connectivity index (χ4v) is 1.90. The third kappa shape index (κ3) is 8.27. The minimum absolute atomic E-state index is 0.804. The van der Waals surface area contributed by atoms with Crippen molar-refractivity contribution >= 4 is 19.0 Å². The van der Waals surface area contributed by atoms with Crippen molar-refractivity contribution < 1.29 is 18.8 Å². The van der Waals surface area contributed by atoms with Crippen LogP contribution in [0.15, 0.2) is 0 Å². The van der Waals surface area contributed by atoms with Gasteiger partial charge in [-0.3, -0.25) is 0 Å². The van der Waals surface area contributed by atoms with Crippen molar-refractivity contribution in [3.05, 3.63) is 12.9 Å². The summed E-state index contributed by atoms with van der Waals surface area (Å²) in [5.41, 5.74) is 0. The van der Waals surface area contributed by atoms with E-state index in [9.17, 15) is 0 Å². The second-order valence-corrected chi connectivity index (χ2v) is 5.98. The van der Waals surface area contributed by atoms with Crippen molar-refractivity contribution in [3.63, 3.8) is 0 Å². The third-order valence-corrected chi connectivity index (χ3v) is 4.17. The Morgan fingerprint density at radius 2 is 2.10 bits per heavy atom. The molecule has 0 atom stereocenters. The molecular formula is C4H12O4Si2. The van der Waals surface area contributed by atoms with Gasteiger partial charge in [-0.15, -0.1) is 0 Å². The molecule has 0 spiro atoms. The molecule has 0 heterocycles. The van der Waals surface area contributed by atoms with Crippen LogP contribution in [0.25, 0.3) is 0 Å². The zero-order chi connectivity index (χ0) is 7.98. The highest BCUT2D eigenvalue weighted by Crippen LogP contribution is 1.93. The topological polar surface area (TPSA) is 58.9 Å². The standard InChI is InChI=1S/C4H12O4Si2/c1-10(2)8-9-7-3-4(5)6/h3,5-6,10H,9H2,1-2H3. The van der Waals surface area contributed by atoms with Crippen LogP contribution in [0.1, 0.15) is 0 Å². The van der Waals surface area contributed by atoms with Gasteiger partial charge in [0.05, 0.1) is 0 Å². The zero-order valence-corrected chi connectivity index (χ0v) is 8.64. The SMILES string of the molecule is C[SiH](C)O[SiH2]O[CH][C](O)O. The lowest BCUT2D eigenvalue weighted by molar-refractivity contribution is 0.0700. The van der Waals surface area contributed by atoms with E-state index in [0.29, 0.717) is 0 Å². The number of rotatable bonds is 5. The van der Waals surface area contributed by atoms with Crippen LogP contribution in [0.2, 0.25) is 13.1 Å². The molecule has 0 aliphatic heterocycles. The second kappa shape index (κ2) is 6.01. The van der Waals surface area contributed by atoms with E-state index in [-0.39, 0.29) is 0 Å². The molecule has 0 aromatic heterocycles. The Bertz CT molecular complexity index is 67.7. The first-order valence-corrected chi connectivity index (χ1v) is 6.87. The predicted molar refractivity (Wildman–Crippen MR) is 41.0 cm³/mol. The van der Waals surface area contributed by atoms with Crippen molar-refractivity contribution in [1.29, 1.82) is 0 Å². The molecule has 4 nitrogen and oxygen atoms in total. The molecule has 0 aromatic rings. The van der Waals surface area contributed by atoms with E-state index in [1.807, 2.05) is 13.1 Å². The number of hydrogen-bond donors (Lipinski definition) is 2. The van der Waals surface area contributed by atoms with Crippen molar-refractivity contribution in [2.45, 2.75) is 13.1 Å². The maximum atomic E-state index is 8.19. The normalized spacial score (nSPS) is 12.6. The Morgan fingerprint density at radius 1 is 1.50 bits per heavy atom. The maximum absolute atomic E-state index is 8.19. The molecule has 2 N–H and O–H groups in total. The summed E-state index contributed by atoms with van der Waals surface area (Å²) < 4.78 is 9.88. The molecule has 10 heavy (non-hydrogen) atoms. The van der Waals surface area contributed by atoms with Crippen LogP contribution in [0.5, 0.6) is 0 Å². The lowest BCUT2D eigenvalue weighted by atomic mass is 10.7. The van der Waals surface area contributed by atoms with E-state index in [2.05, 4.69) is 0 Å². The van der Waals surface area contributed by atoms with Gasteiger partial charge in [0, 0.05) is 0 Å². The van der Waals surface area contributed by atoms with Gasteiger partial charge in [0.25, 0.3) is 10.0 Å². The van der Waals surface area contributed by atoms with E-state index in [1.54, 1.807) is 0 Å². The van der Waals surface area contributed by atoms with Gasteiger partial charge >= 0.3 is 0 Å². The van der Waals surface area contributed by atoms with Crippen molar-refractivity contribution in [3.8, 4) is 0 Å². The van der Waals surface area contributed by atoms with Crippen LogP contribution in [0, 0.1) is 12.9 Å². The lowest BCUT2D eigenvalue weighted by Crippen LogP contribution is -2.14. The summed E-state index contributed by atoms with van der Waals surface area (Å²) in [5, 5.41) is 16.4. The van der Waals surface area contributed by atoms with Crippen molar-refractivity contribution in [2.24, 2.45) is 0 Å². The van der Waals surface area contributed by atoms with Gasteiger partial charge in [-0.2, -0.15) is 0 Å². The van der Waals surface area contributed by atoms with Gasteiger partial charge in [0.15, 0.2) is 9.04 Å². The molecule has 0 unspecified atom stereocenters. The summed E-state index contributed by atoms with van der Waals surface area (Å²) >= 11 is 0. The second-order valence-electron chi connectivity index (χ2n) is 1.98. The Labute approximate surface area is 64.6 Å². The predicted octanol–water partition coefficient (Wildman–Crippen LogP) is -0.602. The van der Waals surface area contributed by atoms with Gasteiger partial charge in [-0.25, -0.2) is 0 Å². The summed E-state index contributed by atoms with van der Waals surface area (Å²) in [6.45, 7) is 4.95. The molecule has 0 bridgehead atoms. The molecule has 0 aromatic carbocycles. The highest BCUT2D eigenvalue weighted by atomic mass is 28.4. The van der Waals surface area contributed by atoms with Gasteiger partial charge in [-0.1, -0.05) is 0 Å². The van der Waals surface area contributed by atoms with Crippen molar-refractivity contribution in [2.75, 3.05) is 0 Å². The number of hydrogen-bond acceptors (Lipinski definition) is 4. The van der Waals surface area contributed by atoms with Gasteiger partial charge in [0.1, 0.15) is 6.61 Å². The Hall–Kier alpha value is 0.274. The van der Waals surface area contributed by atoms with E-state index < -0.39 is 25.3 Å². The van der Waals surface area contributed by atoms with Crippen LogP contribution < -0.4 is 0 Å². The first-order valence-electron chi connectivity index (χ1n) is 2.94. The molecule has 2 radical (unpaired) electrons. The minimum Gasteiger partial charge on any atom is -0.443 e. The third-order valence-electron chi connectivity index (χ3n) is 0.658. The monoisotopic (exact) mass is 180 g/mol. The van der Waals surface area contributed by atoms with E-state index in [4.69, 9.17) is 18.8 Å². The average molecular weight is 180 g/mol. The number of aliphatic hydroxyl groups is 2. The van der Waals surface area contributed by atoms with Crippen LogP contribution in [0.3, 0.4) is 0 Å². The average Bonchev–Trinajstić information content (AvgIpc) is 1.79. The summed E-state index contributed by atoms with van der Waals surface area (Å²) in [4.78, 5) is 0. The lowest BCUT2D eigenvalue weighted by Gasteiger charge is -2.06. The molecule has 0 aliphatic rings. The molecule has 0 fully saturated rings. The van der Waals surface area contributed by atoms with Gasteiger partial charge in [0.2, 0.25) is 6.29 Å². The van der Waals surface area contributed by atoms with Crippen LogP contribution in [-0.2, 0) is 8.54 Å². The molecule has 0 aliphatic carbocycles. The van der Waals surface area contributed by atoms with Gasteiger partial charge in [-0.05, 0) is 13.1 Å². The molecule has 60 valence electrons. The van der Waals surface area contributed by atoms with Crippen LogP contribution >= 0.6 is 0 Å². The quantitative estimate of drug-likeness (QED) is 0.438. The Kier molecular flexibility index (Phi) is 6.18. The first kappa shape index (κ1) is 10.3. The summed E-state index contributed by atoms with van der Waals surface area (Å²) in [7, 11) is -2.00. The molecular weight excluding hydrogens is 168 g/mol. The highest BCUT2D eigenvalue weighted by molar-refractivity contribution is 6.54. The molecule has 0 saturated heterocycles. The van der Waals surface area contributed by atoms with Crippen molar-refractivity contribution in [1.82, 2.24) is 0 Å². The summed E-state index contributed by atoms with van der Waals surface area (Å²) in [5.74, 6) is 0. The zero-order valence-electron chi connectivity index (χ0n) is 6.07. The molecule has 0 rings (SSSR count). The fourth-order valence-electron chi connectivity index (χ4n) is 0.284. The van der Waals surface area contributed by atoms with Crippen LogP contribution in [-0.4, -0.2) is 29.3 Å². The Balaban J connectivity index is 2.91. The van der Waals surface area contributed by atoms with E-state index in [0.717, 1.165) is 6.61 Å². The minimum atomic E-state index is -1.01. The largest absolute Gasteiger partial charge is 0.443 e. The fraction of sp³-hybridized carbons (Fsp3) is 0.500. The van der Waals surface area contributed by atoms with E-state index in [1.165, 1.54) is 0 Å². The molecule has 0 saturated carbocycles. The number of aliphatic hydroxyl groups excluding tert-OH is 1. The van der Waals surface area contributed by atoms with E-state index >= 15 is 0 Å². The smallest absolute Gasteiger partial charge is 0.294 e. The maximum Gasteiger partial charge on any atom is 0.294 e. The summed E-state index contributed by atoms with van der Waals surface area (Å²) in [6.07, 6.45) is -0.804. The molecule has 0 amide bonds. The van der Waals surface area contributed by atoms with Gasteiger partial charge < -0.3 is 18.8 Å². The molecule has 6 heteroatoms.